The summed E-state index contributed by atoms with van der Waals surface area (Å²) in [5, 5.41) is 0. The van der Waals surface area contributed by atoms with E-state index < -0.39 is 0 Å². The van der Waals surface area contributed by atoms with Crippen LogP contribution in [0.25, 0.3) is 0 Å². The summed E-state index contributed by atoms with van der Waals surface area (Å²) in [6, 6.07) is 0. The molecule has 80 valence electrons. The Kier molecular flexibility index (Phi) is 5.67. The van der Waals surface area contributed by atoms with Gasteiger partial charge in [0.25, 0.3) is 0 Å². The predicted molar refractivity (Wildman–Crippen MR) is 61.9 cm³/mol. The van der Waals surface area contributed by atoms with E-state index in [9.17, 15) is 0 Å². The molecule has 0 aromatic carbocycles. The van der Waals surface area contributed by atoms with Gasteiger partial charge in [-0.1, -0.05) is 60.8 Å². The molecule has 1 atom stereocenters. The first kappa shape index (κ1) is 13.0. The molecule has 0 fully saturated rings. The SMILES string of the molecule is CCC(C)C(C)(C)CCCC(C)C. The highest BCUT2D eigenvalue weighted by Crippen LogP contribution is 2.34. The summed E-state index contributed by atoms with van der Waals surface area (Å²) < 4.78 is 0. The van der Waals surface area contributed by atoms with Crippen molar-refractivity contribution in [2.75, 3.05) is 0 Å². The van der Waals surface area contributed by atoms with Gasteiger partial charge in [-0.25, -0.2) is 0 Å². The summed E-state index contributed by atoms with van der Waals surface area (Å²) in [4.78, 5) is 0. The van der Waals surface area contributed by atoms with Gasteiger partial charge in [-0.2, -0.15) is 0 Å². The van der Waals surface area contributed by atoms with E-state index in [1.165, 1.54) is 25.7 Å². The average molecular weight is 184 g/mol. The average Bonchev–Trinajstić information content (AvgIpc) is 2.01. The zero-order valence-corrected chi connectivity index (χ0v) is 10.5. The third-order valence-electron chi connectivity index (χ3n) is 3.55. The smallest absolute Gasteiger partial charge is 0.0329 e. The topological polar surface area (TPSA) is 0 Å². The van der Waals surface area contributed by atoms with Gasteiger partial charge >= 0.3 is 0 Å². The van der Waals surface area contributed by atoms with Gasteiger partial charge in [0.2, 0.25) is 0 Å². The number of hydrogen-bond acceptors (Lipinski definition) is 0. The molecule has 0 saturated heterocycles. The normalized spacial score (nSPS) is 15.0. The van der Waals surface area contributed by atoms with Crippen LogP contribution in [0, 0.1) is 17.3 Å². The molecule has 0 saturated carbocycles. The van der Waals surface area contributed by atoms with Crippen LogP contribution >= 0.6 is 0 Å². The van der Waals surface area contributed by atoms with Crippen molar-refractivity contribution in [1.29, 1.82) is 0 Å². The molecule has 0 bridgehead atoms. The minimum atomic E-state index is 0.545. The molecule has 0 rings (SSSR count). The fourth-order valence-electron chi connectivity index (χ4n) is 1.76. The molecule has 0 heterocycles. The van der Waals surface area contributed by atoms with Gasteiger partial charge in [-0.3, -0.25) is 0 Å². The van der Waals surface area contributed by atoms with Crippen molar-refractivity contribution in [2.24, 2.45) is 17.3 Å². The van der Waals surface area contributed by atoms with Gasteiger partial charge in [0.1, 0.15) is 0 Å². The largest absolute Gasteiger partial charge is 0.0651 e. The lowest BCUT2D eigenvalue weighted by molar-refractivity contribution is 0.196. The van der Waals surface area contributed by atoms with Crippen molar-refractivity contribution in [2.45, 2.75) is 67.2 Å². The zero-order chi connectivity index (χ0) is 10.5. The van der Waals surface area contributed by atoms with E-state index in [2.05, 4.69) is 41.5 Å². The van der Waals surface area contributed by atoms with Crippen molar-refractivity contribution >= 4 is 0 Å². The minimum absolute atomic E-state index is 0.545. The highest BCUT2D eigenvalue weighted by atomic mass is 14.3. The highest BCUT2D eigenvalue weighted by Gasteiger charge is 2.23. The maximum absolute atomic E-state index is 2.42. The van der Waals surface area contributed by atoms with Gasteiger partial charge in [-0.15, -0.1) is 0 Å². The van der Waals surface area contributed by atoms with Crippen LogP contribution in [0.4, 0.5) is 0 Å². The molecule has 0 aliphatic rings. The quantitative estimate of drug-likeness (QED) is 0.551. The Labute approximate surface area is 85.1 Å². The van der Waals surface area contributed by atoms with E-state index in [1.54, 1.807) is 0 Å². The first-order chi connectivity index (χ1) is 5.90. The van der Waals surface area contributed by atoms with E-state index in [1.807, 2.05) is 0 Å². The molecule has 1 unspecified atom stereocenters. The van der Waals surface area contributed by atoms with E-state index in [-0.39, 0.29) is 0 Å². The van der Waals surface area contributed by atoms with Crippen LogP contribution in [0.15, 0.2) is 0 Å². The lowest BCUT2D eigenvalue weighted by Gasteiger charge is -2.31. The van der Waals surface area contributed by atoms with Crippen LogP contribution in [-0.4, -0.2) is 0 Å². The molecule has 0 heteroatoms. The Morgan fingerprint density at radius 2 is 1.62 bits per heavy atom. The molecule has 0 aromatic heterocycles. The molecule has 0 radical (unpaired) electrons. The Morgan fingerprint density at radius 1 is 1.08 bits per heavy atom. The molecule has 0 aliphatic carbocycles. The third kappa shape index (κ3) is 5.33. The second-order valence-electron chi connectivity index (χ2n) is 5.58. The van der Waals surface area contributed by atoms with Crippen LogP contribution in [0.2, 0.25) is 0 Å². The van der Waals surface area contributed by atoms with Crippen molar-refractivity contribution in [3.8, 4) is 0 Å². The molecule has 13 heavy (non-hydrogen) atoms. The van der Waals surface area contributed by atoms with Crippen LogP contribution in [-0.2, 0) is 0 Å². The van der Waals surface area contributed by atoms with Crippen LogP contribution in [0.3, 0.4) is 0 Å². The Balaban J connectivity index is 3.75. The summed E-state index contributed by atoms with van der Waals surface area (Å²) in [5.74, 6) is 1.73. The molecular formula is C13H28. The van der Waals surface area contributed by atoms with E-state index in [4.69, 9.17) is 0 Å². The third-order valence-corrected chi connectivity index (χ3v) is 3.55. The maximum atomic E-state index is 2.42. The molecular weight excluding hydrogens is 156 g/mol. The Morgan fingerprint density at radius 3 is 2.00 bits per heavy atom. The van der Waals surface area contributed by atoms with E-state index >= 15 is 0 Å². The number of rotatable bonds is 6. The minimum Gasteiger partial charge on any atom is -0.0651 e. The monoisotopic (exact) mass is 184 g/mol. The standard InChI is InChI=1S/C13H28/c1-7-12(4)13(5,6)10-8-9-11(2)3/h11-12H,7-10H2,1-6H3. The van der Waals surface area contributed by atoms with Crippen LogP contribution in [0.1, 0.15) is 67.2 Å². The lowest BCUT2D eigenvalue weighted by Crippen LogP contribution is -2.21. The van der Waals surface area contributed by atoms with Crippen LogP contribution in [0.5, 0.6) is 0 Å². The summed E-state index contributed by atoms with van der Waals surface area (Å²) in [7, 11) is 0. The first-order valence-corrected chi connectivity index (χ1v) is 5.90. The molecule has 0 amide bonds. The lowest BCUT2D eigenvalue weighted by atomic mass is 9.74. The van der Waals surface area contributed by atoms with Crippen molar-refractivity contribution in [1.82, 2.24) is 0 Å². The van der Waals surface area contributed by atoms with E-state index in [0.717, 1.165) is 11.8 Å². The van der Waals surface area contributed by atoms with Gasteiger partial charge in [0.05, 0.1) is 0 Å². The van der Waals surface area contributed by atoms with Crippen LogP contribution < -0.4 is 0 Å². The summed E-state index contributed by atoms with van der Waals surface area (Å²) >= 11 is 0. The van der Waals surface area contributed by atoms with E-state index in [0.29, 0.717) is 5.41 Å². The first-order valence-electron chi connectivity index (χ1n) is 5.90. The zero-order valence-electron chi connectivity index (χ0n) is 10.5. The van der Waals surface area contributed by atoms with Crippen molar-refractivity contribution < 1.29 is 0 Å². The Bertz CT molecular complexity index is 122. The number of hydrogen-bond donors (Lipinski definition) is 0. The summed E-state index contributed by atoms with van der Waals surface area (Å²) in [6.07, 6.45) is 5.49. The highest BCUT2D eigenvalue weighted by molar-refractivity contribution is 4.74. The summed E-state index contributed by atoms with van der Waals surface area (Å²) in [5.41, 5.74) is 0.545. The molecule has 0 N–H and O–H groups in total. The van der Waals surface area contributed by atoms with Crippen molar-refractivity contribution in [3.05, 3.63) is 0 Å². The van der Waals surface area contributed by atoms with Gasteiger partial charge in [0, 0.05) is 0 Å². The molecule has 0 nitrogen and oxygen atoms in total. The van der Waals surface area contributed by atoms with Crippen molar-refractivity contribution in [3.63, 3.8) is 0 Å². The fraction of sp³-hybridized carbons (Fsp3) is 1.00. The fourth-order valence-corrected chi connectivity index (χ4v) is 1.76. The Hall–Kier alpha value is 0. The van der Waals surface area contributed by atoms with Gasteiger partial charge in [-0.05, 0) is 23.7 Å². The second-order valence-corrected chi connectivity index (χ2v) is 5.58. The second kappa shape index (κ2) is 5.67. The molecule has 0 aromatic rings. The maximum Gasteiger partial charge on any atom is -0.0329 e. The predicted octanol–water partition coefficient (Wildman–Crippen LogP) is 4.89. The molecule has 0 aliphatic heterocycles. The van der Waals surface area contributed by atoms with Gasteiger partial charge in [0.15, 0.2) is 0 Å². The molecule has 0 spiro atoms. The van der Waals surface area contributed by atoms with Gasteiger partial charge < -0.3 is 0 Å². The summed E-state index contributed by atoms with van der Waals surface area (Å²) in [6.45, 7) is 14.2.